The Morgan fingerprint density at radius 1 is 0.939 bits per heavy atom. The van der Waals surface area contributed by atoms with Crippen LogP contribution >= 0.6 is 11.6 Å². The van der Waals surface area contributed by atoms with Crippen LogP contribution in [0.4, 0.5) is 0 Å². The standard InChI is InChI=1S/C23H25ClN4O4S/c24-19-6-2-4-8-21(19)33(31,32)26-10-9-22(29)27-11-13-28(14-12-27)23(30)15-17-16-25-20-7-3-1-5-18(17)20/h1-8,16,25-26H,9-15H2. The predicted molar refractivity (Wildman–Crippen MR) is 126 cm³/mol. The number of amides is 2. The summed E-state index contributed by atoms with van der Waals surface area (Å²) in [5.41, 5.74) is 1.96. The molecule has 0 atom stereocenters. The zero-order chi connectivity index (χ0) is 23.4. The molecule has 1 saturated heterocycles. The lowest BCUT2D eigenvalue weighted by atomic mass is 10.1. The van der Waals surface area contributed by atoms with Gasteiger partial charge in [-0.2, -0.15) is 0 Å². The fourth-order valence-electron chi connectivity index (χ4n) is 3.95. The molecule has 2 aromatic carbocycles. The Kier molecular flexibility index (Phi) is 7.02. The third-order valence-corrected chi connectivity index (χ3v) is 7.72. The van der Waals surface area contributed by atoms with Gasteiger partial charge < -0.3 is 14.8 Å². The number of nitrogens with one attached hydrogen (secondary N) is 2. The molecule has 2 amide bonds. The van der Waals surface area contributed by atoms with Crippen molar-refractivity contribution in [1.82, 2.24) is 19.5 Å². The summed E-state index contributed by atoms with van der Waals surface area (Å²) < 4.78 is 27.2. The molecule has 10 heteroatoms. The Morgan fingerprint density at radius 3 is 2.30 bits per heavy atom. The second-order valence-corrected chi connectivity index (χ2v) is 10.0. The van der Waals surface area contributed by atoms with E-state index < -0.39 is 10.0 Å². The summed E-state index contributed by atoms with van der Waals surface area (Å²) in [7, 11) is -3.79. The van der Waals surface area contributed by atoms with Crippen molar-refractivity contribution in [2.24, 2.45) is 0 Å². The van der Waals surface area contributed by atoms with Gasteiger partial charge in [-0.15, -0.1) is 0 Å². The molecule has 0 saturated carbocycles. The molecular formula is C23H25ClN4O4S. The van der Waals surface area contributed by atoms with Crippen molar-refractivity contribution in [3.8, 4) is 0 Å². The second kappa shape index (κ2) is 9.94. The van der Waals surface area contributed by atoms with E-state index in [2.05, 4.69) is 9.71 Å². The fraction of sp³-hybridized carbons (Fsp3) is 0.304. The van der Waals surface area contributed by atoms with Gasteiger partial charge in [0.2, 0.25) is 21.8 Å². The Balaban J connectivity index is 1.24. The number of H-pyrrole nitrogens is 1. The van der Waals surface area contributed by atoms with Crippen molar-refractivity contribution in [3.05, 3.63) is 65.3 Å². The monoisotopic (exact) mass is 488 g/mol. The highest BCUT2D eigenvalue weighted by atomic mass is 35.5. The van der Waals surface area contributed by atoms with Crippen molar-refractivity contribution in [2.45, 2.75) is 17.7 Å². The zero-order valence-electron chi connectivity index (χ0n) is 18.0. The molecule has 8 nitrogen and oxygen atoms in total. The smallest absolute Gasteiger partial charge is 0.242 e. The SMILES string of the molecule is O=C(CCNS(=O)(=O)c1ccccc1Cl)N1CCN(C(=O)Cc2c[nH]c3ccccc23)CC1. The number of fused-ring (bicyclic) bond motifs is 1. The van der Waals surface area contributed by atoms with Gasteiger partial charge in [-0.05, 0) is 23.8 Å². The summed E-state index contributed by atoms with van der Waals surface area (Å²) in [6, 6.07) is 14.0. The first-order valence-electron chi connectivity index (χ1n) is 10.7. The number of rotatable bonds is 7. The summed E-state index contributed by atoms with van der Waals surface area (Å²) in [5.74, 6) is -0.125. The first-order chi connectivity index (χ1) is 15.8. The molecular weight excluding hydrogens is 464 g/mol. The van der Waals surface area contributed by atoms with Gasteiger partial charge in [-0.25, -0.2) is 13.1 Å². The molecule has 33 heavy (non-hydrogen) atoms. The van der Waals surface area contributed by atoms with Gasteiger partial charge in [0, 0.05) is 56.2 Å². The van der Waals surface area contributed by atoms with Crippen molar-refractivity contribution in [3.63, 3.8) is 0 Å². The molecule has 0 aliphatic carbocycles. The Hall–Kier alpha value is -2.88. The number of benzene rings is 2. The minimum Gasteiger partial charge on any atom is -0.361 e. The topological polar surface area (TPSA) is 103 Å². The Morgan fingerprint density at radius 2 is 1.58 bits per heavy atom. The van der Waals surface area contributed by atoms with Crippen LogP contribution < -0.4 is 4.72 Å². The van der Waals surface area contributed by atoms with Gasteiger partial charge in [-0.1, -0.05) is 41.9 Å². The molecule has 1 aliphatic rings. The average Bonchev–Trinajstić information content (AvgIpc) is 3.22. The van der Waals surface area contributed by atoms with Gasteiger partial charge in [0.25, 0.3) is 0 Å². The molecule has 0 spiro atoms. The number of piperazine rings is 1. The number of sulfonamides is 1. The average molecular weight is 489 g/mol. The summed E-state index contributed by atoms with van der Waals surface area (Å²) in [5, 5.41) is 1.17. The number of hydrogen-bond donors (Lipinski definition) is 2. The largest absolute Gasteiger partial charge is 0.361 e. The van der Waals surface area contributed by atoms with Crippen molar-refractivity contribution in [1.29, 1.82) is 0 Å². The number of para-hydroxylation sites is 1. The van der Waals surface area contributed by atoms with Gasteiger partial charge in [0.15, 0.2) is 0 Å². The van der Waals surface area contributed by atoms with E-state index >= 15 is 0 Å². The maximum atomic E-state index is 12.8. The summed E-state index contributed by atoms with van der Waals surface area (Å²) >= 11 is 5.96. The molecule has 1 aliphatic heterocycles. The minimum absolute atomic E-state index is 0.0126. The number of carbonyl (C=O) groups is 2. The van der Waals surface area contributed by atoms with Crippen LogP contribution in [0.25, 0.3) is 10.9 Å². The van der Waals surface area contributed by atoms with Gasteiger partial charge >= 0.3 is 0 Å². The van der Waals surface area contributed by atoms with Crippen LogP contribution in [-0.4, -0.2) is 67.7 Å². The zero-order valence-corrected chi connectivity index (χ0v) is 19.5. The van der Waals surface area contributed by atoms with E-state index in [1.54, 1.807) is 21.9 Å². The summed E-state index contributed by atoms with van der Waals surface area (Å²) in [6.07, 6.45) is 2.21. The quantitative estimate of drug-likeness (QED) is 0.533. The molecule has 1 fully saturated rings. The van der Waals surface area contributed by atoms with Crippen LogP contribution in [0.5, 0.6) is 0 Å². The van der Waals surface area contributed by atoms with E-state index in [9.17, 15) is 18.0 Å². The van der Waals surface area contributed by atoms with E-state index in [-0.39, 0.29) is 34.7 Å². The number of aromatic nitrogens is 1. The highest BCUT2D eigenvalue weighted by molar-refractivity contribution is 7.89. The summed E-state index contributed by atoms with van der Waals surface area (Å²) in [4.78, 5) is 31.9. The molecule has 0 unspecified atom stereocenters. The molecule has 3 aromatic rings. The Bertz CT molecular complexity index is 1270. The highest BCUT2D eigenvalue weighted by Crippen LogP contribution is 2.21. The van der Waals surface area contributed by atoms with Crippen LogP contribution in [0.1, 0.15) is 12.0 Å². The van der Waals surface area contributed by atoms with Crippen molar-refractivity contribution in [2.75, 3.05) is 32.7 Å². The lowest BCUT2D eigenvalue weighted by Gasteiger charge is -2.35. The van der Waals surface area contributed by atoms with E-state index in [0.717, 1.165) is 16.5 Å². The first kappa shape index (κ1) is 23.3. The van der Waals surface area contributed by atoms with Crippen LogP contribution in [0, 0.1) is 0 Å². The maximum Gasteiger partial charge on any atom is 0.242 e. The molecule has 1 aromatic heterocycles. The van der Waals surface area contributed by atoms with Crippen LogP contribution in [0.2, 0.25) is 5.02 Å². The molecule has 2 N–H and O–H groups in total. The molecule has 0 bridgehead atoms. The number of nitrogens with zero attached hydrogens (tertiary/aromatic N) is 2. The van der Waals surface area contributed by atoms with E-state index in [1.807, 2.05) is 30.5 Å². The predicted octanol–water partition coefficient (Wildman–Crippen LogP) is 2.40. The minimum atomic E-state index is -3.79. The summed E-state index contributed by atoms with van der Waals surface area (Å²) in [6.45, 7) is 1.74. The van der Waals surface area contributed by atoms with Gasteiger partial charge in [0.05, 0.1) is 11.4 Å². The van der Waals surface area contributed by atoms with E-state index in [0.29, 0.717) is 32.6 Å². The van der Waals surface area contributed by atoms with Crippen LogP contribution in [-0.2, 0) is 26.0 Å². The number of hydrogen-bond acceptors (Lipinski definition) is 4. The fourth-order valence-corrected chi connectivity index (χ4v) is 5.50. The van der Waals surface area contributed by atoms with E-state index in [1.165, 1.54) is 12.1 Å². The maximum absolute atomic E-state index is 12.8. The molecule has 174 valence electrons. The third kappa shape index (κ3) is 5.38. The van der Waals surface area contributed by atoms with Crippen LogP contribution in [0.3, 0.4) is 0 Å². The highest BCUT2D eigenvalue weighted by Gasteiger charge is 2.25. The Labute approximate surface area is 197 Å². The number of halogens is 1. The van der Waals surface area contributed by atoms with Gasteiger partial charge in [0.1, 0.15) is 4.90 Å². The van der Waals surface area contributed by atoms with Crippen LogP contribution in [0.15, 0.2) is 59.6 Å². The first-order valence-corrected chi connectivity index (χ1v) is 12.6. The number of aromatic amines is 1. The lowest BCUT2D eigenvalue weighted by molar-refractivity contribution is -0.139. The third-order valence-electron chi connectivity index (χ3n) is 5.76. The molecule has 4 rings (SSSR count). The van der Waals surface area contributed by atoms with E-state index in [4.69, 9.17) is 11.6 Å². The molecule has 2 heterocycles. The van der Waals surface area contributed by atoms with Gasteiger partial charge in [-0.3, -0.25) is 9.59 Å². The normalized spacial score (nSPS) is 14.6. The lowest BCUT2D eigenvalue weighted by Crippen LogP contribution is -2.51. The molecule has 0 radical (unpaired) electrons. The van der Waals surface area contributed by atoms with Crippen molar-refractivity contribution >= 4 is 44.3 Å². The number of carbonyl (C=O) groups excluding carboxylic acids is 2. The van der Waals surface area contributed by atoms with Crippen molar-refractivity contribution < 1.29 is 18.0 Å². The second-order valence-electron chi connectivity index (χ2n) is 7.88.